The number of likely N-dealkylation sites (N-methyl/N-ethyl adjacent to an activating group) is 1. The van der Waals surface area contributed by atoms with Crippen LogP contribution in [-0.2, 0) is 0 Å². The minimum Gasteiger partial charge on any atom is -0.355 e. The molecule has 0 saturated carbocycles. The van der Waals surface area contributed by atoms with Crippen molar-refractivity contribution >= 4 is 17.4 Å². The summed E-state index contributed by atoms with van der Waals surface area (Å²) in [6, 6.07) is 2.60. The second kappa shape index (κ2) is 4.55. The SMILES string of the molecule is Cc1cc(N2CCC(N(C)C)C2)nc(Cl)n1. The van der Waals surface area contributed by atoms with Gasteiger partial charge in [0.05, 0.1) is 0 Å². The molecule has 4 nitrogen and oxygen atoms in total. The lowest BCUT2D eigenvalue weighted by molar-refractivity contribution is 0.315. The van der Waals surface area contributed by atoms with Crippen LogP contribution in [0.15, 0.2) is 6.07 Å². The molecule has 1 atom stereocenters. The number of hydrogen-bond donors (Lipinski definition) is 0. The van der Waals surface area contributed by atoms with Crippen molar-refractivity contribution in [1.29, 1.82) is 0 Å². The van der Waals surface area contributed by atoms with E-state index in [1.165, 1.54) is 6.42 Å². The normalized spacial score (nSPS) is 20.8. The molecule has 0 aromatic carbocycles. The van der Waals surface area contributed by atoms with E-state index in [9.17, 15) is 0 Å². The Hall–Kier alpha value is -0.870. The van der Waals surface area contributed by atoms with E-state index in [0.29, 0.717) is 11.3 Å². The van der Waals surface area contributed by atoms with Crippen LogP contribution in [0.25, 0.3) is 0 Å². The Morgan fingerprint density at radius 2 is 2.19 bits per heavy atom. The highest BCUT2D eigenvalue weighted by atomic mass is 35.5. The van der Waals surface area contributed by atoms with Gasteiger partial charge in [0.25, 0.3) is 0 Å². The zero-order valence-electron chi connectivity index (χ0n) is 9.94. The highest BCUT2D eigenvalue weighted by Crippen LogP contribution is 2.21. The van der Waals surface area contributed by atoms with Gasteiger partial charge in [0.2, 0.25) is 5.28 Å². The Morgan fingerprint density at radius 1 is 1.44 bits per heavy atom. The minimum absolute atomic E-state index is 0.336. The van der Waals surface area contributed by atoms with Crippen molar-refractivity contribution < 1.29 is 0 Å². The lowest BCUT2D eigenvalue weighted by Gasteiger charge is -2.21. The summed E-state index contributed by atoms with van der Waals surface area (Å²) in [5, 5.41) is 0.336. The fourth-order valence-corrected chi connectivity index (χ4v) is 2.27. The van der Waals surface area contributed by atoms with Crippen molar-refractivity contribution in [3.8, 4) is 0 Å². The van der Waals surface area contributed by atoms with Gasteiger partial charge in [-0.15, -0.1) is 0 Å². The van der Waals surface area contributed by atoms with Gasteiger partial charge < -0.3 is 9.80 Å². The van der Waals surface area contributed by atoms with Crippen LogP contribution in [-0.4, -0.2) is 48.1 Å². The van der Waals surface area contributed by atoms with Gasteiger partial charge in [-0.2, -0.15) is 0 Å². The van der Waals surface area contributed by atoms with Crippen molar-refractivity contribution in [2.45, 2.75) is 19.4 Å². The molecule has 1 fully saturated rings. The molecule has 1 aromatic rings. The molecule has 0 aliphatic carbocycles. The van der Waals surface area contributed by atoms with Gasteiger partial charge in [0.15, 0.2) is 0 Å². The van der Waals surface area contributed by atoms with Gasteiger partial charge >= 0.3 is 0 Å². The number of anilines is 1. The third-order valence-electron chi connectivity index (χ3n) is 3.03. The molecule has 0 spiro atoms. The minimum atomic E-state index is 0.336. The highest BCUT2D eigenvalue weighted by molar-refractivity contribution is 6.28. The van der Waals surface area contributed by atoms with E-state index in [4.69, 9.17) is 11.6 Å². The van der Waals surface area contributed by atoms with Crippen LogP contribution in [0, 0.1) is 6.92 Å². The topological polar surface area (TPSA) is 32.3 Å². The van der Waals surface area contributed by atoms with Crippen molar-refractivity contribution in [1.82, 2.24) is 14.9 Å². The summed E-state index contributed by atoms with van der Waals surface area (Å²) in [4.78, 5) is 12.9. The Labute approximate surface area is 101 Å². The third-order valence-corrected chi connectivity index (χ3v) is 3.20. The van der Waals surface area contributed by atoms with Crippen molar-refractivity contribution in [3.63, 3.8) is 0 Å². The average molecular weight is 241 g/mol. The van der Waals surface area contributed by atoms with Crippen LogP contribution >= 0.6 is 11.6 Å². The van der Waals surface area contributed by atoms with Crippen LogP contribution in [0.2, 0.25) is 5.28 Å². The molecule has 1 aromatic heterocycles. The molecule has 1 unspecified atom stereocenters. The predicted molar refractivity (Wildman–Crippen MR) is 66.1 cm³/mol. The summed E-state index contributed by atoms with van der Waals surface area (Å²) in [6.07, 6.45) is 1.17. The number of nitrogens with zero attached hydrogens (tertiary/aromatic N) is 4. The first-order chi connectivity index (χ1) is 7.56. The zero-order chi connectivity index (χ0) is 11.7. The Morgan fingerprint density at radius 3 is 2.75 bits per heavy atom. The van der Waals surface area contributed by atoms with Gasteiger partial charge in [-0.05, 0) is 39.0 Å². The van der Waals surface area contributed by atoms with Crippen LogP contribution in [0.4, 0.5) is 5.82 Å². The third kappa shape index (κ3) is 2.44. The molecule has 5 heteroatoms. The number of rotatable bonds is 2. The number of halogens is 1. The van der Waals surface area contributed by atoms with Gasteiger partial charge in [-0.1, -0.05) is 0 Å². The van der Waals surface area contributed by atoms with Crippen LogP contribution in [0.1, 0.15) is 12.1 Å². The fourth-order valence-electron chi connectivity index (χ4n) is 2.05. The lowest BCUT2D eigenvalue weighted by Crippen LogP contribution is -2.31. The smallest absolute Gasteiger partial charge is 0.224 e. The molecule has 0 N–H and O–H groups in total. The van der Waals surface area contributed by atoms with E-state index < -0.39 is 0 Å². The lowest BCUT2D eigenvalue weighted by atomic mass is 10.2. The molecule has 2 rings (SSSR count). The summed E-state index contributed by atoms with van der Waals surface area (Å²) in [6.45, 7) is 3.99. The van der Waals surface area contributed by atoms with Crippen LogP contribution in [0.3, 0.4) is 0 Å². The Kier molecular flexibility index (Phi) is 3.30. The second-order valence-corrected chi connectivity index (χ2v) is 4.83. The second-order valence-electron chi connectivity index (χ2n) is 4.49. The van der Waals surface area contributed by atoms with E-state index in [-0.39, 0.29) is 0 Å². The van der Waals surface area contributed by atoms with Crippen molar-refractivity contribution in [2.75, 3.05) is 32.1 Å². The maximum Gasteiger partial charge on any atom is 0.224 e. The monoisotopic (exact) mass is 240 g/mol. The first-order valence-electron chi connectivity index (χ1n) is 5.49. The molecule has 88 valence electrons. The maximum atomic E-state index is 5.87. The summed E-state index contributed by atoms with van der Waals surface area (Å²) in [7, 11) is 4.23. The standard InChI is InChI=1S/C11H17ClN4/c1-8-6-10(14-11(12)13-8)16-5-4-9(7-16)15(2)3/h6,9H,4-5,7H2,1-3H3. The fraction of sp³-hybridized carbons (Fsp3) is 0.636. The van der Waals surface area contributed by atoms with E-state index in [1.54, 1.807) is 0 Å². The summed E-state index contributed by atoms with van der Waals surface area (Å²) < 4.78 is 0. The molecule has 1 saturated heterocycles. The first-order valence-corrected chi connectivity index (χ1v) is 5.86. The van der Waals surface area contributed by atoms with Crippen molar-refractivity contribution in [3.05, 3.63) is 17.0 Å². The largest absolute Gasteiger partial charge is 0.355 e. The Bertz CT molecular complexity index is 360. The molecule has 1 aliphatic rings. The van der Waals surface area contributed by atoms with E-state index in [0.717, 1.165) is 24.6 Å². The summed E-state index contributed by atoms with van der Waals surface area (Å²) in [5.74, 6) is 0.946. The predicted octanol–water partition coefficient (Wildman–Crippen LogP) is 1.58. The van der Waals surface area contributed by atoms with Crippen LogP contribution in [0.5, 0.6) is 0 Å². The molecule has 0 bridgehead atoms. The van der Waals surface area contributed by atoms with E-state index in [2.05, 4.69) is 33.9 Å². The Balaban J connectivity index is 2.14. The summed E-state index contributed by atoms with van der Waals surface area (Å²) >= 11 is 5.87. The highest BCUT2D eigenvalue weighted by Gasteiger charge is 2.25. The van der Waals surface area contributed by atoms with Gasteiger partial charge in [0.1, 0.15) is 5.82 Å². The maximum absolute atomic E-state index is 5.87. The van der Waals surface area contributed by atoms with Gasteiger partial charge in [0, 0.05) is 30.9 Å². The summed E-state index contributed by atoms with van der Waals surface area (Å²) in [5.41, 5.74) is 0.920. The van der Waals surface area contributed by atoms with E-state index in [1.807, 2.05) is 13.0 Å². The molecular formula is C11H17ClN4. The quantitative estimate of drug-likeness (QED) is 0.735. The first kappa shape index (κ1) is 11.6. The van der Waals surface area contributed by atoms with E-state index >= 15 is 0 Å². The molecule has 0 radical (unpaired) electrons. The van der Waals surface area contributed by atoms with Gasteiger partial charge in [-0.3, -0.25) is 0 Å². The molecule has 2 heterocycles. The molecule has 1 aliphatic heterocycles. The van der Waals surface area contributed by atoms with Crippen LogP contribution < -0.4 is 4.90 Å². The molecule has 16 heavy (non-hydrogen) atoms. The average Bonchev–Trinajstić information content (AvgIpc) is 2.64. The zero-order valence-corrected chi connectivity index (χ0v) is 10.7. The molecular weight excluding hydrogens is 224 g/mol. The van der Waals surface area contributed by atoms with Gasteiger partial charge in [-0.25, -0.2) is 9.97 Å². The molecule has 0 amide bonds. The van der Waals surface area contributed by atoms with Crippen molar-refractivity contribution in [2.24, 2.45) is 0 Å². The number of aromatic nitrogens is 2. The number of hydrogen-bond acceptors (Lipinski definition) is 4. The number of aryl methyl sites for hydroxylation is 1.